The molecule has 2 aromatic heterocycles. The van der Waals surface area contributed by atoms with Gasteiger partial charge in [0.05, 0.1) is 30.8 Å². The minimum absolute atomic E-state index is 0.0383. The Labute approximate surface area is 257 Å². The zero-order valence-corrected chi connectivity index (χ0v) is 26.3. The van der Waals surface area contributed by atoms with Crippen molar-refractivity contribution >= 4 is 34.3 Å². The van der Waals surface area contributed by atoms with Crippen molar-refractivity contribution in [1.82, 2.24) is 9.47 Å². The fourth-order valence-electron chi connectivity index (χ4n) is 5.54. The Balaban J connectivity index is 1.71. The summed E-state index contributed by atoms with van der Waals surface area (Å²) in [4.78, 5) is 42.8. The van der Waals surface area contributed by atoms with E-state index in [4.69, 9.17) is 14.2 Å². The first-order valence-corrected chi connectivity index (χ1v) is 15.1. The summed E-state index contributed by atoms with van der Waals surface area (Å²) < 4.78 is 47.0. The molecule has 8 nitrogen and oxygen atoms in total. The number of nitrogens with zero attached hydrogens (tertiary/aromatic N) is 2. The molecule has 1 atom stereocenters. The highest BCUT2D eigenvalue weighted by atomic mass is 32.1. The Kier molecular flexibility index (Phi) is 8.53. The number of ether oxygens (including phenoxy) is 3. The quantitative estimate of drug-likeness (QED) is 0.208. The zero-order valence-electron chi connectivity index (χ0n) is 25.5. The average Bonchev–Trinajstić information content (AvgIpc) is 3.40. The first kappa shape index (κ1) is 31.2. The van der Waals surface area contributed by atoms with Crippen molar-refractivity contribution < 1.29 is 32.6 Å². The second kappa shape index (κ2) is 12.0. The van der Waals surface area contributed by atoms with Gasteiger partial charge in [0.25, 0.3) is 0 Å². The third kappa shape index (κ3) is 5.80. The lowest BCUT2D eigenvalue weighted by Gasteiger charge is -2.33. The number of aryl methyl sites for hydroxylation is 1. The number of aromatic nitrogens is 1. The number of hydrogen-bond acceptors (Lipinski definition) is 7. The van der Waals surface area contributed by atoms with Gasteiger partial charge in [-0.1, -0.05) is 0 Å². The van der Waals surface area contributed by atoms with Gasteiger partial charge < -0.3 is 23.7 Å². The molecule has 5 rings (SSSR count). The Morgan fingerprint density at radius 3 is 2.55 bits per heavy atom. The normalized spacial score (nSPS) is 14.7. The lowest BCUT2D eigenvalue weighted by Crippen LogP contribution is -2.37. The summed E-state index contributed by atoms with van der Waals surface area (Å²) in [7, 11) is 3.18. The van der Waals surface area contributed by atoms with E-state index in [0.717, 1.165) is 46.7 Å². The number of benzene rings is 2. The smallest absolute Gasteiger partial charge is 0.410 e. The predicted molar refractivity (Wildman–Crippen MR) is 165 cm³/mol. The fraction of sp³-hybridized carbons (Fsp3) is 0.364. The molecule has 44 heavy (non-hydrogen) atoms. The van der Waals surface area contributed by atoms with Gasteiger partial charge in [0, 0.05) is 34.6 Å². The first-order chi connectivity index (χ1) is 20.8. The van der Waals surface area contributed by atoms with Crippen molar-refractivity contribution in [3.05, 3.63) is 80.5 Å². The van der Waals surface area contributed by atoms with Crippen LogP contribution < -0.4 is 10.2 Å². The summed E-state index contributed by atoms with van der Waals surface area (Å²) in [5.74, 6) is -2.25. The van der Waals surface area contributed by atoms with Crippen LogP contribution in [0.25, 0.3) is 27.0 Å². The average molecular weight is 625 g/mol. The number of methoxy groups -OCH3 is 1. The van der Waals surface area contributed by atoms with E-state index in [9.17, 15) is 18.8 Å². The van der Waals surface area contributed by atoms with Crippen molar-refractivity contribution in [1.29, 1.82) is 0 Å². The summed E-state index contributed by atoms with van der Waals surface area (Å²) in [5.41, 5.74) is 0.242. The van der Waals surface area contributed by atoms with E-state index < -0.39 is 34.7 Å². The van der Waals surface area contributed by atoms with Crippen LogP contribution in [-0.2, 0) is 15.9 Å². The standard InChI is InChI=1S/C33H34F2N2O6S/c1-7-42-31(39)22-17-37(25-14-11-18(34)15-23(25)35)28-20(29(22)38)13-12-19(30(28)41-6)27-16-21-24(9-8-10-26(21)44-27)36(5)32(40)43-33(2,3)4/h11-17,24H,7-10H2,1-6H3. The van der Waals surface area contributed by atoms with Crippen molar-refractivity contribution in [3.8, 4) is 21.9 Å². The molecule has 0 bridgehead atoms. The molecule has 1 aliphatic carbocycles. The number of halogens is 2. The van der Waals surface area contributed by atoms with Crippen LogP contribution in [0.2, 0.25) is 0 Å². The molecule has 0 fully saturated rings. The van der Waals surface area contributed by atoms with Crippen LogP contribution >= 0.6 is 11.3 Å². The van der Waals surface area contributed by atoms with Gasteiger partial charge in [-0.15, -0.1) is 11.3 Å². The minimum atomic E-state index is -0.892. The van der Waals surface area contributed by atoms with Crippen molar-refractivity contribution in [3.63, 3.8) is 0 Å². The van der Waals surface area contributed by atoms with Crippen molar-refractivity contribution in [2.45, 2.75) is 58.6 Å². The molecule has 2 aromatic carbocycles. The molecule has 11 heteroatoms. The molecule has 1 unspecified atom stereocenters. The number of carbonyl (C=O) groups is 2. The Morgan fingerprint density at radius 1 is 1.14 bits per heavy atom. The summed E-state index contributed by atoms with van der Waals surface area (Å²) in [6.45, 7) is 7.13. The third-order valence-corrected chi connectivity index (χ3v) is 8.73. The maximum atomic E-state index is 15.2. The molecule has 0 radical (unpaired) electrons. The van der Waals surface area contributed by atoms with Gasteiger partial charge in [-0.25, -0.2) is 18.4 Å². The molecule has 4 aromatic rings. The van der Waals surface area contributed by atoms with E-state index in [-0.39, 0.29) is 40.6 Å². The zero-order chi connectivity index (χ0) is 31.9. The number of pyridine rings is 1. The minimum Gasteiger partial charge on any atom is -0.494 e. The number of amides is 1. The van der Waals surface area contributed by atoms with Gasteiger partial charge in [-0.2, -0.15) is 0 Å². The fourth-order valence-corrected chi connectivity index (χ4v) is 6.82. The van der Waals surface area contributed by atoms with Crippen LogP contribution in [0.1, 0.15) is 67.4 Å². The summed E-state index contributed by atoms with van der Waals surface area (Å²) in [5, 5.41) is 0.101. The topological polar surface area (TPSA) is 87.1 Å². The van der Waals surface area contributed by atoms with Crippen LogP contribution in [0.5, 0.6) is 5.75 Å². The molecule has 0 aliphatic heterocycles. The Morgan fingerprint density at radius 2 is 1.89 bits per heavy atom. The maximum absolute atomic E-state index is 15.2. The van der Waals surface area contributed by atoms with E-state index >= 15 is 4.39 Å². The van der Waals surface area contributed by atoms with E-state index in [1.165, 1.54) is 23.9 Å². The summed E-state index contributed by atoms with van der Waals surface area (Å²) in [6, 6.07) is 8.18. The van der Waals surface area contributed by atoms with E-state index in [0.29, 0.717) is 5.56 Å². The van der Waals surface area contributed by atoms with Gasteiger partial charge >= 0.3 is 12.1 Å². The molecule has 0 N–H and O–H groups in total. The highest BCUT2D eigenvalue weighted by molar-refractivity contribution is 7.15. The predicted octanol–water partition coefficient (Wildman–Crippen LogP) is 7.43. The van der Waals surface area contributed by atoms with Gasteiger partial charge in [-0.05, 0) is 82.9 Å². The third-order valence-electron chi connectivity index (χ3n) is 7.49. The molecule has 232 valence electrons. The van der Waals surface area contributed by atoms with E-state index in [1.54, 1.807) is 42.3 Å². The highest BCUT2D eigenvalue weighted by Crippen LogP contribution is 2.46. The molecular weight excluding hydrogens is 590 g/mol. The van der Waals surface area contributed by atoms with Crippen LogP contribution in [0, 0.1) is 11.6 Å². The van der Waals surface area contributed by atoms with Crippen molar-refractivity contribution in [2.24, 2.45) is 0 Å². The van der Waals surface area contributed by atoms with Gasteiger partial charge in [0.1, 0.15) is 28.3 Å². The van der Waals surface area contributed by atoms with E-state index in [1.807, 2.05) is 26.8 Å². The Bertz CT molecular complexity index is 1820. The molecule has 1 amide bonds. The number of esters is 1. The van der Waals surface area contributed by atoms with Crippen LogP contribution in [0.3, 0.4) is 0 Å². The maximum Gasteiger partial charge on any atom is 0.410 e. The molecular formula is C33H34F2N2O6S. The highest BCUT2D eigenvalue weighted by Gasteiger charge is 2.32. The summed E-state index contributed by atoms with van der Waals surface area (Å²) >= 11 is 1.55. The second-order valence-electron chi connectivity index (χ2n) is 11.6. The molecule has 2 heterocycles. The molecule has 0 spiro atoms. The van der Waals surface area contributed by atoms with Crippen LogP contribution in [0.4, 0.5) is 13.6 Å². The monoisotopic (exact) mass is 624 g/mol. The number of rotatable bonds is 6. The second-order valence-corrected chi connectivity index (χ2v) is 12.7. The first-order valence-electron chi connectivity index (χ1n) is 14.3. The van der Waals surface area contributed by atoms with Gasteiger partial charge in [0.15, 0.2) is 5.75 Å². The number of fused-ring (bicyclic) bond motifs is 2. The number of carbonyl (C=O) groups excluding carboxylic acids is 2. The number of hydrogen-bond donors (Lipinski definition) is 0. The molecule has 1 aliphatic rings. The molecule has 0 saturated heterocycles. The van der Waals surface area contributed by atoms with Gasteiger partial charge in [-0.3, -0.25) is 4.79 Å². The Hall–Kier alpha value is -4.25. The van der Waals surface area contributed by atoms with Gasteiger partial charge in [0.2, 0.25) is 5.43 Å². The lowest BCUT2D eigenvalue weighted by molar-refractivity contribution is 0.0205. The summed E-state index contributed by atoms with van der Waals surface area (Å²) in [6.07, 6.45) is 3.29. The lowest BCUT2D eigenvalue weighted by atomic mass is 9.92. The molecule has 0 saturated carbocycles. The SMILES string of the molecule is CCOC(=O)c1cn(-c2ccc(F)cc2F)c2c(OC)c(-c3cc4c(s3)CCCC4N(C)C(=O)OC(C)(C)C)ccc2c1=O. The van der Waals surface area contributed by atoms with Crippen LogP contribution in [0.15, 0.2) is 47.4 Å². The van der Waals surface area contributed by atoms with E-state index in [2.05, 4.69) is 0 Å². The van der Waals surface area contributed by atoms with Crippen molar-refractivity contribution in [2.75, 3.05) is 20.8 Å². The largest absolute Gasteiger partial charge is 0.494 e. The number of thiophene rings is 1. The van der Waals surface area contributed by atoms with Crippen LogP contribution in [-0.4, -0.2) is 47.9 Å².